The molecule has 1 aliphatic rings. The number of benzene rings is 2. The number of hydrogen-bond donors (Lipinski definition) is 2. The molecule has 1 amide bonds. The molecule has 0 saturated carbocycles. The molecule has 4 aromatic rings. The number of rotatable bonds is 7. The van der Waals surface area contributed by atoms with Gasteiger partial charge in [0.2, 0.25) is 5.91 Å². The lowest BCUT2D eigenvalue weighted by Crippen LogP contribution is -2.30. The number of halogens is 1. The van der Waals surface area contributed by atoms with Gasteiger partial charge in [0.1, 0.15) is 12.6 Å². The number of nitrogens with zero attached hydrogens (tertiary/aromatic N) is 3. The largest absolute Gasteiger partial charge is 0.375 e. The second kappa shape index (κ2) is 10.7. The maximum absolute atomic E-state index is 12.0. The maximum atomic E-state index is 12.0. The molecule has 0 radical (unpaired) electrons. The van der Waals surface area contributed by atoms with Crippen LogP contribution in [-0.2, 0) is 9.53 Å². The molecule has 2 aromatic heterocycles. The smallest absolute Gasteiger partial charge is 0.250 e. The number of pyridine rings is 1. The minimum absolute atomic E-state index is 0.0537. The lowest BCUT2D eigenvalue weighted by molar-refractivity contribution is -0.119. The minimum atomic E-state index is -0.278. The molecule has 2 atom stereocenters. The number of ether oxygens (including phenoxy) is 1. The van der Waals surface area contributed by atoms with Crippen molar-refractivity contribution in [1.29, 1.82) is 0 Å². The fourth-order valence-electron chi connectivity index (χ4n) is 4.73. The third kappa shape index (κ3) is 4.96. The van der Waals surface area contributed by atoms with Crippen LogP contribution in [0.3, 0.4) is 0 Å². The highest BCUT2D eigenvalue weighted by molar-refractivity contribution is 7.80. The van der Waals surface area contributed by atoms with E-state index in [0.717, 1.165) is 28.5 Å². The fraction of sp³-hybridized carbons (Fsp3) is 0.179. The Morgan fingerprint density at radius 3 is 2.57 bits per heavy atom. The van der Waals surface area contributed by atoms with Gasteiger partial charge in [-0.05, 0) is 73.7 Å². The van der Waals surface area contributed by atoms with E-state index in [-0.39, 0.29) is 24.6 Å². The van der Waals surface area contributed by atoms with E-state index < -0.39 is 0 Å². The quantitative estimate of drug-likeness (QED) is 0.303. The van der Waals surface area contributed by atoms with Crippen molar-refractivity contribution in [1.82, 2.24) is 14.9 Å². The van der Waals surface area contributed by atoms with E-state index in [0.29, 0.717) is 15.8 Å². The Labute approximate surface area is 226 Å². The molecule has 0 aliphatic carbocycles. The summed E-state index contributed by atoms with van der Waals surface area (Å²) in [6, 6.07) is 25.4. The van der Waals surface area contributed by atoms with Crippen molar-refractivity contribution in [2.75, 3.05) is 23.9 Å². The van der Waals surface area contributed by atoms with Crippen LogP contribution in [0, 0.1) is 6.92 Å². The lowest BCUT2D eigenvalue weighted by Gasteiger charge is -2.29. The van der Waals surface area contributed by atoms with Crippen LogP contribution in [0.2, 0.25) is 5.02 Å². The number of aromatic nitrogens is 2. The predicted molar refractivity (Wildman–Crippen MR) is 150 cm³/mol. The van der Waals surface area contributed by atoms with Crippen molar-refractivity contribution >= 4 is 46.2 Å². The highest BCUT2D eigenvalue weighted by Gasteiger charge is 2.42. The number of nitrogens with one attached hydrogen (secondary N) is 2. The zero-order valence-electron chi connectivity index (χ0n) is 20.4. The molecule has 7 nitrogen and oxygen atoms in total. The first kappa shape index (κ1) is 25.0. The van der Waals surface area contributed by atoms with Gasteiger partial charge in [0.25, 0.3) is 0 Å². The number of methoxy groups -OCH3 is 1. The van der Waals surface area contributed by atoms with Gasteiger partial charge >= 0.3 is 0 Å². The fourth-order valence-corrected chi connectivity index (χ4v) is 5.29. The van der Waals surface area contributed by atoms with Gasteiger partial charge in [-0.15, -0.1) is 0 Å². The summed E-state index contributed by atoms with van der Waals surface area (Å²) < 4.78 is 7.14. The molecule has 1 aliphatic heterocycles. The van der Waals surface area contributed by atoms with Gasteiger partial charge in [-0.1, -0.05) is 35.9 Å². The summed E-state index contributed by atoms with van der Waals surface area (Å²) in [5, 5.41) is 7.23. The van der Waals surface area contributed by atoms with Crippen LogP contribution in [0.5, 0.6) is 0 Å². The topological polar surface area (TPSA) is 71.4 Å². The van der Waals surface area contributed by atoms with Crippen LogP contribution >= 0.6 is 23.8 Å². The Kier molecular flexibility index (Phi) is 7.23. The van der Waals surface area contributed by atoms with Crippen molar-refractivity contribution < 1.29 is 9.53 Å². The Hall–Kier alpha value is -3.72. The Morgan fingerprint density at radius 2 is 1.86 bits per heavy atom. The minimum Gasteiger partial charge on any atom is -0.375 e. The zero-order chi connectivity index (χ0) is 25.9. The van der Waals surface area contributed by atoms with E-state index in [9.17, 15) is 4.79 Å². The molecular weight excluding hydrogens is 506 g/mol. The third-order valence-electron chi connectivity index (χ3n) is 6.30. The van der Waals surface area contributed by atoms with Gasteiger partial charge < -0.3 is 24.8 Å². The first-order chi connectivity index (χ1) is 18.0. The van der Waals surface area contributed by atoms with Crippen molar-refractivity contribution in [3.8, 4) is 5.69 Å². The zero-order valence-corrected chi connectivity index (χ0v) is 22.0. The maximum Gasteiger partial charge on any atom is 0.250 e. The molecule has 2 aromatic carbocycles. The van der Waals surface area contributed by atoms with Gasteiger partial charge in [-0.25, -0.2) is 0 Å². The number of thiocarbonyl (C=S) groups is 1. The SMILES string of the molecule is COCC(=O)Nc1ccc(N2C(=S)N[C@@H](c3ccccn3)[C@H]2c2ccc(C)n2-c2ccccc2)cc1Cl. The average Bonchev–Trinajstić information content (AvgIpc) is 3.45. The standard InChI is InChI=1S/C28H26ClN5O2S/c1-18-11-14-24(33(18)19-8-4-3-5-9-19)27-26(23-10-6-7-15-30-23)32-28(37)34(27)20-12-13-22(21(29)16-20)31-25(35)17-36-2/h3-16,26-27H,17H2,1-2H3,(H,31,35)(H,32,37)/t26-,27+/m0/s1. The second-order valence-electron chi connectivity index (χ2n) is 8.71. The van der Waals surface area contributed by atoms with E-state index in [4.69, 9.17) is 28.6 Å². The number of amides is 1. The molecule has 2 N–H and O–H groups in total. The molecule has 0 bridgehead atoms. The number of carbonyl (C=O) groups is 1. The molecule has 188 valence electrons. The Bertz CT molecular complexity index is 1430. The molecule has 5 rings (SSSR count). The molecule has 9 heteroatoms. The van der Waals surface area contributed by atoms with Gasteiger partial charge in [-0.2, -0.15) is 0 Å². The summed E-state index contributed by atoms with van der Waals surface area (Å²) in [6.07, 6.45) is 1.79. The van der Waals surface area contributed by atoms with Crippen LogP contribution in [0.25, 0.3) is 5.69 Å². The van der Waals surface area contributed by atoms with Gasteiger partial charge in [0.05, 0.1) is 22.4 Å². The van der Waals surface area contributed by atoms with Crippen LogP contribution in [0.1, 0.15) is 29.2 Å². The summed E-state index contributed by atoms with van der Waals surface area (Å²) in [5.74, 6) is -0.278. The summed E-state index contributed by atoms with van der Waals surface area (Å²) in [5.41, 5.74) is 5.41. The number of anilines is 2. The first-order valence-corrected chi connectivity index (χ1v) is 12.6. The predicted octanol–water partition coefficient (Wildman–Crippen LogP) is 5.60. The molecule has 1 fully saturated rings. The highest BCUT2D eigenvalue weighted by Crippen LogP contribution is 2.43. The number of carbonyl (C=O) groups excluding carboxylic acids is 1. The van der Waals surface area contributed by atoms with Gasteiger partial charge in [0.15, 0.2) is 5.11 Å². The van der Waals surface area contributed by atoms with Crippen molar-refractivity contribution in [2.24, 2.45) is 0 Å². The number of hydrogen-bond acceptors (Lipinski definition) is 4. The van der Waals surface area contributed by atoms with E-state index >= 15 is 0 Å². The summed E-state index contributed by atoms with van der Waals surface area (Å²) >= 11 is 12.5. The van der Waals surface area contributed by atoms with Crippen LogP contribution < -0.4 is 15.5 Å². The van der Waals surface area contributed by atoms with Gasteiger partial charge in [0, 0.05) is 36.1 Å². The highest BCUT2D eigenvalue weighted by atomic mass is 35.5. The van der Waals surface area contributed by atoms with Crippen LogP contribution in [-0.4, -0.2) is 34.3 Å². The molecule has 37 heavy (non-hydrogen) atoms. The Morgan fingerprint density at radius 1 is 1.08 bits per heavy atom. The first-order valence-electron chi connectivity index (χ1n) is 11.8. The van der Waals surface area contributed by atoms with E-state index in [1.165, 1.54) is 7.11 Å². The molecule has 0 unspecified atom stereocenters. The van der Waals surface area contributed by atoms with Crippen LogP contribution in [0.4, 0.5) is 11.4 Å². The van der Waals surface area contributed by atoms with Gasteiger partial charge in [-0.3, -0.25) is 9.78 Å². The normalized spacial score (nSPS) is 17.1. The van der Waals surface area contributed by atoms with Crippen molar-refractivity contribution in [3.05, 3.63) is 107 Å². The second-order valence-corrected chi connectivity index (χ2v) is 9.51. The molecule has 3 heterocycles. The van der Waals surface area contributed by atoms with Crippen molar-refractivity contribution in [3.63, 3.8) is 0 Å². The molecular formula is C28H26ClN5O2S. The molecule has 1 saturated heterocycles. The number of aryl methyl sites for hydroxylation is 1. The van der Waals surface area contributed by atoms with Crippen LogP contribution in [0.15, 0.2) is 85.1 Å². The summed E-state index contributed by atoms with van der Waals surface area (Å²) in [7, 11) is 1.47. The van der Waals surface area contributed by atoms with E-state index in [1.807, 2.05) is 48.5 Å². The lowest BCUT2D eigenvalue weighted by atomic mass is 10.0. The third-order valence-corrected chi connectivity index (χ3v) is 6.93. The number of para-hydroxylation sites is 1. The Balaban J connectivity index is 1.61. The summed E-state index contributed by atoms with van der Waals surface area (Å²) in [6.45, 7) is 2.04. The average molecular weight is 532 g/mol. The monoisotopic (exact) mass is 531 g/mol. The summed E-state index contributed by atoms with van der Waals surface area (Å²) in [4.78, 5) is 18.7. The van der Waals surface area contributed by atoms with E-state index in [2.05, 4.69) is 56.3 Å². The van der Waals surface area contributed by atoms with Crippen molar-refractivity contribution in [2.45, 2.75) is 19.0 Å². The van der Waals surface area contributed by atoms with E-state index in [1.54, 1.807) is 12.3 Å². The molecule has 0 spiro atoms.